The van der Waals surface area contributed by atoms with Crippen molar-refractivity contribution in [2.45, 2.75) is 40.7 Å². The van der Waals surface area contributed by atoms with Gasteiger partial charge < -0.3 is 4.57 Å². The van der Waals surface area contributed by atoms with Crippen molar-refractivity contribution in [3.05, 3.63) is 74.7 Å². The lowest BCUT2D eigenvalue weighted by molar-refractivity contribution is 0.519. The number of nitrogens with zero attached hydrogens (tertiary/aromatic N) is 6. The smallest absolute Gasteiger partial charge is 0.282 e. The second-order valence-electron chi connectivity index (χ2n) is 7.57. The number of halogens is 1. The lowest BCUT2D eigenvalue weighted by atomic mass is 10.2. The summed E-state index contributed by atoms with van der Waals surface area (Å²) in [5, 5.41) is 9.91. The van der Waals surface area contributed by atoms with E-state index in [9.17, 15) is 4.79 Å². The monoisotopic (exact) mass is 422 g/mol. The van der Waals surface area contributed by atoms with Crippen LogP contribution >= 0.6 is 11.6 Å². The average Bonchev–Trinajstić information content (AvgIpc) is 3.25. The number of aryl methyl sites for hydroxylation is 2. The van der Waals surface area contributed by atoms with Crippen LogP contribution < -0.4 is 5.56 Å². The Labute approximate surface area is 179 Å². The van der Waals surface area contributed by atoms with Crippen LogP contribution in [0.5, 0.6) is 0 Å². The van der Waals surface area contributed by atoms with Gasteiger partial charge in [-0.15, -0.1) is 0 Å². The van der Waals surface area contributed by atoms with Crippen molar-refractivity contribution in [3.8, 4) is 5.82 Å². The van der Waals surface area contributed by atoms with E-state index in [1.807, 2.05) is 30.7 Å². The third-order valence-electron chi connectivity index (χ3n) is 5.12. The molecule has 1 aromatic carbocycles. The molecule has 0 unspecified atom stereocenters. The predicted molar refractivity (Wildman–Crippen MR) is 120 cm³/mol. The lowest BCUT2D eigenvalue weighted by Gasteiger charge is -2.15. The Kier molecular flexibility index (Phi) is 5.07. The van der Waals surface area contributed by atoms with Crippen LogP contribution in [-0.2, 0) is 0 Å². The molecule has 4 rings (SSSR count). The normalized spacial score (nSPS) is 12.0. The molecular weight excluding hydrogens is 400 g/mol. The minimum atomic E-state index is -0.225. The van der Waals surface area contributed by atoms with Crippen molar-refractivity contribution in [3.63, 3.8) is 0 Å². The third kappa shape index (κ3) is 3.35. The summed E-state index contributed by atoms with van der Waals surface area (Å²) in [7, 11) is 0. The Hall–Kier alpha value is -3.19. The Bertz CT molecular complexity index is 1340. The molecule has 0 aliphatic carbocycles. The SMILES string of the molecule is Cc1cc(/C=N\n2c(C)nc3cc(Cl)ccc3c2=O)c(C)n1-c1ccnn1C(C)C. The van der Waals surface area contributed by atoms with Gasteiger partial charge in [-0.1, -0.05) is 11.6 Å². The first-order chi connectivity index (χ1) is 14.3. The second kappa shape index (κ2) is 7.57. The van der Waals surface area contributed by atoms with E-state index in [4.69, 9.17) is 11.6 Å². The maximum absolute atomic E-state index is 12.9. The topological polar surface area (TPSA) is 70.0 Å². The fourth-order valence-corrected chi connectivity index (χ4v) is 3.84. The predicted octanol–water partition coefficient (Wildman–Crippen LogP) is 4.43. The largest absolute Gasteiger partial charge is 0.303 e. The van der Waals surface area contributed by atoms with Crippen LogP contribution in [0.2, 0.25) is 5.02 Å². The summed E-state index contributed by atoms with van der Waals surface area (Å²) in [5.74, 6) is 1.50. The van der Waals surface area contributed by atoms with Gasteiger partial charge in [0.1, 0.15) is 11.6 Å². The Morgan fingerprint density at radius 3 is 2.63 bits per heavy atom. The van der Waals surface area contributed by atoms with Gasteiger partial charge in [-0.25, -0.2) is 9.67 Å². The van der Waals surface area contributed by atoms with Gasteiger partial charge in [0, 0.05) is 34.1 Å². The van der Waals surface area contributed by atoms with Crippen molar-refractivity contribution in [2.24, 2.45) is 5.10 Å². The lowest BCUT2D eigenvalue weighted by Crippen LogP contribution is -2.20. The molecule has 0 spiro atoms. The molecule has 30 heavy (non-hydrogen) atoms. The maximum Gasteiger partial charge on any atom is 0.282 e. The zero-order valence-corrected chi connectivity index (χ0v) is 18.3. The molecule has 0 bridgehead atoms. The van der Waals surface area contributed by atoms with Gasteiger partial charge in [-0.2, -0.15) is 14.9 Å². The van der Waals surface area contributed by atoms with Crippen LogP contribution in [0, 0.1) is 20.8 Å². The molecule has 7 nitrogen and oxygen atoms in total. The van der Waals surface area contributed by atoms with E-state index < -0.39 is 0 Å². The Balaban J connectivity index is 1.78. The zero-order chi connectivity index (χ0) is 21.6. The number of hydrogen-bond acceptors (Lipinski definition) is 4. The molecule has 0 aliphatic rings. The molecule has 3 heterocycles. The van der Waals surface area contributed by atoms with Crippen LogP contribution in [0.1, 0.15) is 42.7 Å². The molecule has 3 aromatic heterocycles. The van der Waals surface area contributed by atoms with E-state index in [-0.39, 0.29) is 11.6 Å². The fraction of sp³-hybridized carbons (Fsp3) is 0.273. The van der Waals surface area contributed by atoms with Crippen molar-refractivity contribution >= 4 is 28.7 Å². The summed E-state index contributed by atoms with van der Waals surface area (Å²) in [6.07, 6.45) is 3.50. The third-order valence-corrected chi connectivity index (χ3v) is 5.36. The minimum Gasteiger partial charge on any atom is -0.303 e. The van der Waals surface area contributed by atoms with Crippen molar-refractivity contribution in [1.29, 1.82) is 0 Å². The Morgan fingerprint density at radius 2 is 1.90 bits per heavy atom. The van der Waals surface area contributed by atoms with Crippen molar-refractivity contribution < 1.29 is 0 Å². The first-order valence-corrected chi connectivity index (χ1v) is 10.1. The van der Waals surface area contributed by atoms with Gasteiger partial charge >= 0.3 is 0 Å². The fourth-order valence-electron chi connectivity index (χ4n) is 3.67. The van der Waals surface area contributed by atoms with Gasteiger partial charge in [0.2, 0.25) is 0 Å². The van der Waals surface area contributed by atoms with Crippen LogP contribution in [0.15, 0.2) is 46.4 Å². The quantitative estimate of drug-likeness (QED) is 0.457. The highest BCUT2D eigenvalue weighted by molar-refractivity contribution is 6.31. The molecule has 8 heteroatoms. The summed E-state index contributed by atoms with van der Waals surface area (Å²) in [6.45, 7) is 10.0. The van der Waals surface area contributed by atoms with E-state index in [0.717, 1.165) is 22.8 Å². The van der Waals surface area contributed by atoms with E-state index in [1.54, 1.807) is 37.5 Å². The van der Waals surface area contributed by atoms with Crippen molar-refractivity contribution in [2.75, 3.05) is 0 Å². The number of hydrogen-bond donors (Lipinski definition) is 0. The van der Waals surface area contributed by atoms with Gasteiger partial charge in [-0.05, 0) is 58.9 Å². The molecule has 0 saturated heterocycles. The zero-order valence-electron chi connectivity index (χ0n) is 17.6. The molecule has 154 valence electrons. The van der Waals surface area contributed by atoms with E-state index in [2.05, 4.69) is 33.6 Å². The van der Waals surface area contributed by atoms with Crippen molar-refractivity contribution in [1.82, 2.24) is 24.0 Å². The molecule has 0 N–H and O–H groups in total. The minimum absolute atomic E-state index is 0.225. The van der Waals surface area contributed by atoms with Gasteiger partial charge in [-0.3, -0.25) is 4.79 Å². The number of rotatable bonds is 4. The highest BCUT2D eigenvalue weighted by atomic mass is 35.5. The van der Waals surface area contributed by atoms with Crippen LogP contribution in [0.3, 0.4) is 0 Å². The first-order valence-electron chi connectivity index (χ1n) is 9.74. The van der Waals surface area contributed by atoms with Gasteiger partial charge in [0.15, 0.2) is 0 Å². The highest BCUT2D eigenvalue weighted by Crippen LogP contribution is 2.22. The molecule has 0 atom stereocenters. The summed E-state index contributed by atoms with van der Waals surface area (Å²) in [5.41, 5.74) is 3.34. The molecule has 0 fully saturated rings. The van der Waals surface area contributed by atoms with Gasteiger partial charge in [0.25, 0.3) is 5.56 Å². The second-order valence-corrected chi connectivity index (χ2v) is 8.01. The summed E-state index contributed by atoms with van der Waals surface area (Å²) in [6, 6.07) is 9.33. The van der Waals surface area contributed by atoms with E-state index in [0.29, 0.717) is 21.7 Å². The molecule has 0 amide bonds. The molecule has 0 saturated carbocycles. The van der Waals surface area contributed by atoms with Crippen LogP contribution in [0.25, 0.3) is 16.7 Å². The molecule has 4 aromatic rings. The number of benzene rings is 1. The molecular formula is C22H23ClN6O. The van der Waals surface area contributed by atoms with E-state index in [1.165, 1.54) is 4.68 Å². The molecule has 0 aliphatic heterocycles. The summed E-state index contributed by atoms with van der Waals surface area (Å²) >= 11 is 6.02. The summed E-state index contributed by atoms with van der Waals surface area (Å²) in [4.78, 5) is 17.4. The molecule has 0 radical (unpaired) electrons. The van der Waals surface area contributed by atoms with Crippen LogP contribution in [-0.4, -0.2) is 30.2 Å². The highest BCUT2D eigenvalue weighted by Gasteiger charge is 2.15. The average molecular weight is 423 g/mol. The number of fused-ring (bicyclic) bond motifs is 1. The van der Waals surface area contributed by atoms with E-state index >= 15 is 0 Å². The standard InChI is InChI=1S/C22H23ClN6O/c1-13(2)28-21(8-9-24-28)27-14(3)10-17(15(27)4)12-25-29-16(5)26-20-11-18(23)6-7-19(20)22(29)30/h6-13H,1-5H3/b25-12-. The maximum atomic E-state index is 12.9. The van der Waals surface area contributed by atoms with Gasteiger partial charge in [0.05, 0.1) is 23.3 Å². The Morgan fingerprint density at radius 1 is 1.13 bits per heavy atom. The number of aromatic nitrogens is 5. The summed E-state index contributed by atoms with van der Waals surface area (Å²) < 4.78 is 5.44. The first kappa shape index (κ1) is 20.1. The van der Waals surface area contributed by atoms with Crippen LogP contribution in [0.4, 0.5) is 0 Å².